The molecule has 144 valence electrons. The van der Waals surface area contributed by atoms with E-state index in [1.807, 2.05) is 36.5 Å². The van der Waals surface area contributed by atoms with Gasteiger partial charge in [-0.2, -0.15) is 4.98 Å². The molecule has 0 aliphatic heterocycles. The van der Waals surface area contributed by atoms with Crippen LogP contribution in [0.1, 0.15) is 11.7 Å². The molecule has 5 aromatic rings. The lowest BCUT2D eigenvalue weighted by atomic mass is 10.2. The fourth-order valence-corrected chi connectivity index (χ4v) is 3.79. The van der Waals surface area contributed by atoms with Crippen LogP contribution in [-0.2, 0) is 12.3 Å². The molecule has 4 heterocycles. The normalized spacial score (nSPS) is 11.2. The molecule has 0 saturated heterocycles. The predicted molar refractivity (Wildman–Crippen MR) is 107 cm³/mol. The molecule has 5 rings (SSSR count). The van der Waals surface area contributed by atoms with E-state index in [-0.39, 0.29) is 0 Å². The summed E-state index contributed by atoms with van der Waals surface area (Å²) < 4.78 is 18.3. The highest BCUT2D eigenvalue weighted by atomic mass is 32.2. The average Bonchev–Trinajstić information content (AvgIpc) is 3.55. The fourth-order valence-electron chi connectivity index (χ4n) is 2.97. The van der Waals surface area contributed by atoms with Crippen LogP contribution in [0.3, 0.4) is 0 Å². The third-order valence-corrected chi connectivity index (χ3v) is 5.29. The molecule has 0 fully saturated rings. The zero-order chi connectivity index (χ0) is 19.5. The molecular formula is C21H16N4O3S. The second-order valence-corrected chi connectivity index (χ2v) is 7.18. The van der Waals surface area contributed by atoms with Gasteiger partial charge >= 0.3 is 0 Å². The van der Waals surface area contributed by atoms with E-state index >= 15 is 0 Å². The van der Waals surface area contributed by atoms with E-state index in [2.05, 4.69) is 31.8 Å². The Morgan fingerprint density at radius 1 is 0.931 bits per heavy atom. The lowest BCUT2D eigenvalue weighted by molar-refractivity contribution is 0.390. The Bertz CT molecular complexity index is 1180. The van der Waals surface area contributed by atoms with Crippen LogP contribution < -0.4 is 0 Å². The number of furan rings is 2. The number of aromatic nitrogens is 4. The van der Waals surface area contributed by atoms with Gasteiger partial charge in [-0.05, 0) is 29.8 Å². The first-order valence-electron chi connectivity index (χ1n) is 8.99. The number of nitrogens with zero attached hydrogens (tertiary/aromatic N) is 4. The van der Waals surface area contributed by atoms with Gasteiger partial charge < -0.3 is 17.9 Å². The van der Waals surface area contributed by atoms with Gasteiger partial charge in [0, 0.05) is 0 Å². The molecule has 0 aliphatic carbocycles. The number of rotatable bonds is 7. The molecule has 0 radical (unpaired) electrons. The zero-order valence-electron chi connectivity index (χ0n) is 15.3. The molecule has 7 nitrogen and oxygen atoms in total. The Kier molecular flexibility index (Phi) is 4.75. The molecule has 29 heavy (non-hydrogen) atoms. The van der Waals surface area contributed by atoms with Crippen LogP contribution >= 0.6 is 11.8 Å². The molecule has 0 atom stereocenters. The summed E-state index contributed by atoms with van der Waals surface area (Å²) in [4.78, 5) is 9.01. The van der Waals surface area contributed by atoms with Crippen molar-refractivity contribution in [1.82, 2.24) is 19.7 Å². The second-order valence-electron chi connectivity index (χ2n) is 6.24. The minimum absolute atomic E-state index is 0.439. The van der Waals surface area contributed by atoms with Crippen molar-refractivity contribution in [2.45, 2.75) is 17.5 Å². The van der Waals surface area contributed by atoms with E-state index in [9.17, 15) is 0 Å². The quantitative estimate of drug-likeness (QED) is 0.348. The maximum absolute atomic E-state index is 5.55. The molecule has 8 heteroatoms. The van der Waals surface area contributed by atoms with Crippen molar-refractivity contribution < 1.29 is 13.4 Å². The Hall–Kier alpha value is -3.52. The van der Waals surface area contributed by atoms with E-state index in [1.165, 1.54) is 11.8 Å². The van der Waals surface area contributed by atoms with Crippen molar-refractivity contribution in [3.63, 3.8) is 0 Å². The molecule has 1 aromatic carbocycles. The van der Waals surface area contributed by atoms with Gasteiger partial charge in [0.2, 0.25) is 11.7 Å². The van der Waals surface area contributed by atoms with Crippen molar-refractivity contribution in [3.05, 3.63) is 85.0 Å². The molecule has 0 amide bonds. The van der Waals surface area contributed by atoms with E-state index in [4.69, 9.17) is 13.4 Å². The zero-order valence-corrected chi connectivity index (χ0v) is 16.1. The number of hydrogen-bond donors (Lipinski definition) is 0. The fraction of sp³-hybridized carbons (Fsp3) is 0.0952. The van der Waals surface area contributed by atoms with Gasteiger partial charge in [0.1, 0.15) is 5.76 Å². The first-order valence-corrected chi connectivity index (χ1v) is 9.98. The Morgan fingerprint density at radius 2 is 1.79 bits per heavy atom. The average molecular weight is 404 g/mol. The summed E-state index contributed by atoms with van der Waals surface area (Å²) in [6.45, 7) is 0.584. The standard InChI is InChI=1S/C21H16N4O3S/c1-2-6-15(7-3-1)17-12-22-21(25(17)13-16-8-4-10-26-16)29-14-19-23-20(24-28-19)18-9-5-11-27-18/h1-12H,13-14H2. The first kappa shape index (κ1) is 17.6. The monoisotopic (exact) mass is 404 g/mol. The van der Waals surface area contributed by atoms with Gasteiger partial charge in [-0.15, -0.1) is 0 Å². The van der Waals surface area contributed by atoms with Crippen LogP contribution in [0.25, 0.3) is 22.8 Å². The van der Waals surface area contributed by atoms with Crippen LogP contribution in [0, 0.1) is 0 Å². The van der Waals surface area contributed by atoms with Crippen molar-refractivity contribution in [1.29, 1.82) is 0 Å². The van der Waals surface area contributed by atoms with Crippen molar-refractivity contribution in [2.24, 2.45) is 0 Å². The highest BCUT2D eigenvalue weighted by Crippen LogP contribution is 2.29. The maximum Gasteiger partial charge on any atom is 0.238 e. The van der Waals surface area contributed by atoms with E-state index in [0.717, 1.165) is 22.2 Å². The molecular weight excluding hydrogens is 388 g/mol. The predicted octanol–water partition coefficient (Wildman–Crippen LogP) is 5.13. The summed E-state index contributed by atoms with van der Waals surface area (Å²) >= 11 is 1.53. The lowest BCUT2D eigenvalue weighted by Gasteiger charge is -2.10. The van der Waals surface area contributed by atoms with Crippen LogP contribution in [0.15, 0.2) is 91.8 Å². The largest absolute Gasteiger partial charge is 0.467 e. The molecule has 0 spiro atoms. The van der Waals surface area contributed by atoms with Crippen molar-refractivity contribution in [2.75, 3.05) is 0 Å². The highest BCUT2D eigenvalue weighted by Gasteiger charge is 2.16. The van der Waals surface area contributed by atoms with Gasteiger partial charge in [0.25, 0.3) is 0 Å². The van der Waals surface area contributed by atoms with E-state index < -0.39 is 0 Å². The van der Waals surface area contributed by atoms with Crippen LogP contribution in [0.2, 0.25) is 0 Å². The van der Waals surface area contributed by atoms with Crippen molar-refractivity contribution in [3.8, 4) is 22.8 Å². The molecule has 0 saturated carbocycles. The molecule has 0 bridgehead atoms. The van der Waals surface area contributed by atoms with E-state index in [0.29, 0.717) is 29.8 Å². The third kappa shape index (κ3) is 3.74. The van der Waals surface area contributed by atoms with Gasteiger partial charge in [-0.1, -0.05) is 47.3 Å². The SMILES string of the molecule is c1ccc(-c2cnc(SCc3nc(-c4ccco4)no3)n2Cc2ccco2)cc1. The Balaban J connectivity index is 1.40. The lowest BCUT2D eigenvalue weighted by Crippen LogP contribution is -2.03. The van der Waals surface area contributed by atoms with Crippen LogP contribution in [0.5, 0.6) is 0 Å². The Labute approximate surface area is 170 Å². The molecule has 4 aromatic heterocycles. The third-order valence-electron chi connectivity index (χ3n) is 4.32. The van der Waals surface area contributed by atoms with Gasteiger partial charge in [0.15, 0.2) is 10.9 Å². The van der Waals surface area contributed by atoms with Gasteiger partial charge in [-0.3, -0.25) is 0 Å². The summed E-state index contributed by atoms with van der Waals surface area (Å²) in [6.07, 6.45) is 5.13. The number of imidazole rings is 1. The molecule has 0 N–H and O–H groups in total. The first-order chi connectivity index (χ1) is 14.4. The van der Waals surface area contributed by atoms with Gasteiger partial charge in [0.05, 0.1) is 36.7 Å². The summed E-state index contributed by atoms with van der Waals surface area (Å²) in [5, 5.41) is 4.82. The van der Waals surface area contributed by atoms with Crippen LogP contribution in [-0.4, -0.2) is 19.7 Å². The van der Waals surface area contributed by atoms with Gasteiger partial charge in [-0.25, -0.2) is 4.98 Å². The summed E-state index contributed by atoms with van der Waals surface area (Å²) in [5.41, 5.74) is 2.11. The van der Waals surface area contributed by atoms with Crippen molar-refractivity contribution >= 4 is 11.8 Å². The maximum atomic E-state index is 5.55. The van der Waals surface area contributed by atoms with Crippen LogP contribution in [0.4, 0.5) is 0 Å². The second kappa shape index (κ2) is 7.84. The topological polar surface area (TPSA) is 83.0 Å². The van der Waals surface area contributed by atoms with E-state index in [1.54, 1.807) is 24.7 Å². The highest BCUT2D eigenvalue weighted by molar-refractivity contribution is 7.98. The minimum atomic E-state index is 0.439. The smallest absolute Gasteiger partial charge is 0.238 e. The summed E-state index contributed by atoms with van der Waals surface area (Å²) in [7, 11) is 0. The number of hydrogen-bond acceptors (Lipinski definition) is 7. The summed E-state index contributed by atoms with van der Waals surface area (Å²) in [6, 6.07) is 17.6. The number of thioether (sulfide) groups is 1. The minimum Gasteiger partial charge on any atom is -0.467 e. The molecule has 0 aliphatic rings. The number of benzene rings is 1. The summed E-state index contributed by atoms with van der Waals surface area (Å²) in [5.74, 6) is 2.89. The Morgan fingerprint density at radius 3 is 2.59 bits per heavy atom. The molecule has 0 unspecified atom stereocenters.